The number of carbonyl (C=O) groups excluding carboxylic acids is 2. The zero-order valence-electron chi connectivity index (χ0n) is 18.2. The number of rotatable bonds is 7. The van der Waals surface area contributed by atoms with E-state index in [0.717, 1.165) is 11.9 Å². The molecule has 1 heterocycles. The summed E-state index contributed by atoms with van der Waals surface area (Å²) in [4.78, 5) is 30.6. The molecule has 2 N–H and O–H groups in total. The molecule has 0 saturated heterocycles. The van der Waals surface area contributed by atoms with E-state index in [4.69, 9.17) is 21.7 Å². The van der Waals surface area contributed by atoms with Crippen LogP contribution in [0.4, 0.5) is 0 Å². The Hall–Kier alpha value is -3.64. The molecule has 0 fully saturated rings. The number of carbonyl (C=O) groups is 2. The van der Waals surface area contributed by atoms with Gasteiger partial charge in [0.2, 0.25) is 0 Å². The van der Waals surface area contributed by atoms with Gasteiger partial charge >= 0.3 is 0 Å². The zero-order valence-corrected chi connectivity index (χ0v) is 19.0. The molecule has 33 heavy (non-hydrogen) atoms. The number of halogens is 1. The second kappa shape index (κ2) is 11.3. The summed E-state index contributed by atoms with van der Waals surface area (Å²) >= 11 is 5.22. The van der Waals surface area contributed by atoms with Crippen molar-refractivity contribution in [1.82, 2.24) is 19.8 Å². The molecule has 0 spiro atoms. The molecule has 3 aromatic rings. The number of ether oxygens (including phenoxy) is 1. The lowest BCUT2D eigenvalue weighted by Gasteiger charge is -2.13. The fourth-order valence-corrected chi connectivity index (χ4v) is 2.98. The molecule has 0 bridgehead atoms. The number of amides is 2. The van der Waals surface area contributed by atoms with Gasteiger partial charge in [-0.25, -0.2) is 4.98 Å². The molecule has 3 rings (SSSR count). The van der Waals surface area contributed by atoms with Gasteiger partial charge in [0.15, 0.2) is 0 Å². The van der Waals surface area contributed by atoms with Crippen molar-refractivity contribution in [3.63, 3.8) is 0 Å². The number of hydrogen-bond donors (Lipinski definition) is 2. The molecular weight excluding hydrogens is 444 g/mol. The largest absolute Gasteiger partial charge is 0.491 e. The number of nitrogens with one attached hydrogen (secondary N) is 1. The zero-order chi connectivity index (χ0) is 23.8. The molecule has 0 aliphatic heterocycles. The van der Waals surface area contributed by atoms with Gasteiger partial charge < -0.3 is 15.0 Å². The Kier molecular flexibility index (Phi) is 8.22. The fourth-order valence-electron chi connectivity index (χ4n) is 2.88. The lowest BCUT2D eigenvalue weighted by atomic mass is 10.1. The van der Waals surface area contributed by atoms with Gasteiger partial charge in [0.25, 0.3) is 11.8 Å². The minimum atomic E-state index is -0.739. The van der Waals surface area contributed by atoms with Crippen LogP contribution in [0.3, 0.4) is 0 Å². The van der Waals surface area contributed by atoms with Crippen LogP contribution in [0.5, 0.6) is 5.75 Å². The first kappa shape index (κ1) is 24.0. The van der Waals surface area contributed by atoms with Crippen LogP contribution in [-0.2, 0) is 0 Å². The molecular formula is C24H23ClN4O4. The maximum Gasteiger partial charge on any atom is 0.292 e. The van der Waals surface area contributed by atoms with Crippen molar-refractivity contribution in [3.8, 4) is 17.6 Å². The number of para-hydroxylation sites is 1. The summed E-state index contributed by atoms with van der Waals surface area (Å²) in [6.45, 7) is 1.34. The SMILES string of the molecule is CN(C)CCOc1cc(C(=O)NCC#Cc2ccc(C(=O)N(O)Cl)cc2)nc2ccccc12. The minimum absolute atomic E-state index is 0.00422. The molecule has 0 radical (unpaired) electrons. The molecule has 2 aromatic carbocycles. The molecule has 1 aromatic heterocycles. The van der Waals surface area contributed by atoms with Crippen LogP contribution >= 0.6 is 11.8 Å². The molecule has 0 unspecified atom stereocenters. The number of nitrogens with zero attached hydrogens (tertiary/aromatic N) is 3. The second-order valence-electron chi connectivity index (χ2n) is 7.30. The monoisotopic (exact) mass is 466 g/mol. The number of likely N-dealkylation sites (N-methyl/N-ethyl adjacent to an activating group) is 1. The summed E-state index contributed by atoms with van der Waals surface area (Å²) < 4.78 is 5.90. The summed E-state index contributed by atoms with van der Waals surface area (Å²) in [7, 11) is 3.93. The highest BCUT2D eigenvalue weighted by atomic mass is 35.5. The normalized spacial score (nSPS) is 10.5. The standard InChI is InChI=1S/C24H23ClN4O4/c1-28(2)14-15-33-22-16-21(27-20-8-4-3-7-19(20)22)23(30)26-13-5-6-17-9-11-18(12-10-17)24(31)29(25)32/h3-4,7-12,16,32H,13-15H2,1-2H3,(H,26,30). The quantitative estimate of drug-likeness (QED) is 0.240. The third kappa shape index (κ3) is 6.67. The fraction of sp³-hybridized carbons (Fsp3) is 0.208. The summed E-state index contributed by atoms with van der Waals surface area (Å²) in [5.41, 5.74) is 1.77. The second-order valence-corrected chi connectivity index (χ2v) is 7.62. The third-order valence-electron chi connectivity index (χ3n) is 4.58. The van der Waals surface area contributed by atoms with Crippen molar-refractivity contribution in [2.75, 3.05) is 33.8 Å². The Morgan fingerprint density at radius 3 is 2.58 bits per heavy atom. The van der Waals surface area contributed by atoms with Gasteiger partial charge in [-0.3, -0.25) is 14.8 Å². The number of fused-ring (bicyclic) bond motifs is 1. The number of pyridine rings is 1. The molecule has 0 aliphatic rings. The van der Waals surface area contributed by atoms with Gasteiger partial charge in [0.1, 0.15) is 18.1 Å². The van der Waals surface area contributed by atoms with Crippen LogP contribution in [-0.4, -0.2) is 65.3 Å². The molecule has 2 amide bonds. The number of benzene rings is 2. The number of hydrogen-bond acceptors (Lipinski definition) is 6. The summed E-state index contributed by atoms with van der Waals surface area (Å²) in [6.07, 6.45) is 0. The van der Waals surface area contributed by atoms with Gasteiger partial charge in [-0.15, -0.1) is 4.58 Å². The molecule has 0 saturated carbocycles. The minimum Gasteiger partial charge on any atom is -0.491 e. The number of hydroxylamine groups is 1. The van der Waals surface area contributed by atoms with Crippen LogP contribution in [0.2, 0.25) is 0 Å². The Morgan fingerprint density at radius 1 is 1.15 bits per heavy atom. The molecule has 170 valence electrons. The van der Waals surface area contributed by atoms with E-state index in [-0.39, 0.29) is 28.3 Å². The van der Waals surface area contributed by atoms with E-state index in [1.165, 1.54) is 12.1 Å². The van der Waals surface area contributed by atoms with E-state index in [1.807, 2.05) is 43.3 Å². The first-order valence-corrected chi connectivity index (χ1v) is 10.4. The number of aromatic nitrogens is 1. The van der Waals surface area contributed by atoms with Gasteiger partial charge in [-0.05, 0) is 50.5 Å². The average molecular weight is 467 g/mol. The topological polar surface area (TPSA) is 95.0 Å². The Bertz CT molecular complexity index is 1200. The van der Waals surface area contributed by atoms with Crippen molar-refractivity contribution < 1.29 is 19.5 Å². The van der Waals surface area contributed by atoms with E-state index < -0.39 is 5.91 Å². The van der Waals surface area contributed by atoms with E-state index in [0.29, 0.717) is 23.4 Å². The Morgan fingerprint density at radius 2 is 1.88 bits per heavy atom. The van der Waals surface area contributed by atoms with Gasteiger partial charge in [0, 0.05) is 40.9 Å². The molecule has 0 aliphatic carbocycles. The van der Waals surface area contributed by atoms with Crippen LogP contribution in [0, 0.1) is 11.8 Å². The first-order chi connectivity index (χ1) is 15.8. The average Bonchev–Trinajstić information content (AvgIpc) is 2.81. The van der Waals surface area contributed by atoms with E-state index >= 15 is 0 Å². The van der Waals surface area contributed by atoms with Crippen molar-refractivity contribution in [2.45, 2.75) is 0 Å². The maximum atomic E-state index is 12.6. The van der Waals surface area contributed by atoms with Crippen molar-refractivity contribution in [1.29, 1.82) is 0 Å². The highest BCUT2D eigenvalue weighted by Crippen LogP contribution is 2.25. The van der Waals surface area contributed by atoms with Crippen molar-refractivity contribution in [2.24, 2.45) is 0 Å². The maximum absolute atomic E-state index is 12.6. The predicted molar refractivity (Wildman–Crippen MR) is 125 cm³/mol. The van der Waals surface area contributed by atoms with Gasteiger partial charge in [-0.1, -0.05) is 24.0 Å². The first-order valence-electron chi connectivity index (χ1n) is 10.1. The van der Waals surface area contributed by atoms with Gasteiger partial charge in [0.05, 0.1) is 12.1 Å². The van der Waals surface area contributed by atoms with Gasteiger partial charge in [-0.2, -0.15) is 0 Å². The van der Waals surface area contributed by atoms with E-state index in [9.17, 15) is 9.59 Å². The lowest BCUT2D eigenvalue weighted by molar-refractivity contribution is 0.00924. The summed E-state index contributed by atoms with van der Waals surface area (Å²) in [6, 6.07) is 15.4. The van der Waals surface area contributed by atoms with Crippen LogP contribution < -0.4 is 10.1 Å². The van der Waals surface area contributed by atoms with Crippen LogP contribution in [0.1, 0.15) is 26.4 Å². The molecule has 8 nitrogen and oxygen atoms in total. The van der Waals surface area contributed by atoms with Crippen molar-refractivity contribution in [3.05, 3.63) is 71.4 Å². The predicted octanol–water partition coefficient (Wildman–Crippen LogP) is 2.94. The smallest absolute Gasteiger partial charge is 0.292 e. The Balaban J connectivity index is 1.66. The molecule has 9 heteroatoms. The summed E-state index contributed by atoms with van der Waals surface area (Å²) in [5.74, 6) is 5.25. The van der Waals surface area contributed by atoms with E-state index in [1.54, 1.807) is 18.2 Å². The third-order valence-corrected chi connectivity index (χ3v) is 4.73. The Labute approximate surface area is 196 Å². The summed E-state index contributed by atoms with van der Waals surface area (Å²) in [5, 5.41) is 12.5. The highest BCUT2D eigenvalue weighted by molar-refractivity contribution is 6.22. The lowest BCUT2D eigenvalue weighted by Crippen LogP contribution is -2.25. The van der Waals surface area contributed by atoms with Crippen molar-refractivity contribution >= 4 is 34.5 Å². The van der Waals surface area contributed by atoms with Crippen LogP contribution in [0.25, 0.3) is 10.9 Å². The molecule has 0 atom stereocenters. The van der Waals surface area contributed by atoms with E-state index in [2.05, 4.69) is 22.1 Å². The van der Waals surface area contributed by atoms with Crippen LogP contribution in [0.15, 0.2) is 54.6 Å². The highest BCUT2D eigenvalue weighted by Gasteiger charge is 2.13.